The van der Waals surface area contributed by atoms with Crippen molar-refractivity contribution in [3.63, 3.8) is 0 Å². The molecule has 116 valence electrons. The zero-order chi connectivity index (χ0) is 15.3. The van der Waals surface area contributed by atoms with E-state index in [1.54, 1.807) is 25.7 Å². The summed E-state index contributed by atoms with van der Waals surface area (Å²) >= 11 is 0. The SMILES string of the molecule is CN1CCN(C(=O)[C@@H](CO)NC(=O)OC(C)(C)C)CC1. The molecule has 0 aromatic rings. The quantitative estimate of drug-likeness (QED) is 0.741. The Morgan fingerprint density at radius 1 is 1.25 bits per heavy atom. The number of hydrogen-bond acceptors (Lipinski definition) is 5. The van der Waals surface area contributed by atoms with Gasteiger partial charge in [-0.1, -0.05) is 0 Å². The zero-order valence-electron chi connectivity index (χ0n) is 12.7. The normalized spacial score (nSPS) is 18.6. The first-order valence-electron chi connectivity index (χ1n) is 6.80. The minimum atomic E-state index is -0.951. The Balaban J connectivity index is 2.53. The first-order chi connectivity index (χ1) is 9.23. The molecule has 1 aliphatic rings. The van der Waals surface area contributed by atoms with Crippen molar-refractivity contribution in [1.82, 2.24) is 15.1 Å². The maximum atomic E-state index is 12.2. The average Bonchev–Trinajstić information content (AvgIpc) is 2.34. The van der Waals surface area contributed by atoms with Crippen molar-refractivity contribution < 1.29 is 19.4 Å². The molecule has 0 aromatic heterocycles. The summed E-state index contributed by atoms with van der Waals surface area (Å²) in [4.78, 5) is 27.6. The Bertz CT molecular complexity index is 346. The molecule has 0 aliphatic carbocycles. The van der Waals surface area contributed by atoms with Crippen LogP contribution in [0.25, 0.3) is 0 Å². The van der Waals surface area contributed by atoms with Crippen molar-refractivity contribution in [3.8, 4) is 0 Å². The molecule has 20 heavy (non-hydrogen) atoms. The molecule has 1 fully saturated rings. The van der Waals surface area contributed by atoms with Crippen LogP contribution in [0.3, 0.4) is 0 Å². The molecular weight excluding hydrogens is 262 g/mol. The lowest BCUT2D eigenvalue weighted by Crippen LogP contribution is -2.55. The second-order valence-corrected chi connectivity index (χ2v) is 6.01. The predicted molar refractivity (Wildman–Crippen MR) is 74.3 cm³/mol. The van der Waals surface area contributed by atoms with E-state index in [1.165, 1.54) is 0 Å². The number of carbonyl (C=O) groups is 2. The predicted octanol–water partition coefficient (Wildman–Crippen LogP) is -0.354. The summed E-state index contributed by atoms with van der Waals surface area (Å²) in [5.74, 6) is -0.272. The highest BCUT2D eigenvalue weighted by molar-refractivity contribution is 5.86. The van der Waals surface area contributed by atoms with Gasteiger partial charge in [0.05, 0.1) is 6.61 Å². The summed E-state index contributed by atoms with van der Waals surface area (Å²) in [6.07, 6.45) is -0.695. The van der Waals surface area contributed by atoms with E-state index in [1.807, 2.05) is 7.05 Å². The topological polar surface area (TPSA) is 82.1 Å². The highest BCUT2D eigenvalue weighted by Gasteiger charge is 2.28. The number of aliphatic hydroxyl groups excluding tert-OH is 1. The van der Waals surface area contributed by atoms with Crippen molar-refractivity contribution in [2.24, 2.45) is 0 Å². The molecule has 0 aromatic carbocycles. The fourth-order valence-electron chi connectivity index (χ4n) is 1.88. The van der Waals surface area contributed by atoms with Crippen LogP contribution in [0.4, 0.5) is 4.79 Å². The van der Waals surface area contributed by atoms with Gasteiger partial charge in [0.1, 0.15) is 11.6 Å². The number of piperazine rings is 1. The lowest BCUT2D eigenvalue weighted by atomic mass is 10.2. The molecule has 0 unspecified atom stereocenters. The molecule has 0 radical (unpaired) electrons. The number of alkyl carbamates (subject to hydrolysis) is 1. The summed E-state index contributed by atoms with van der Waals surface area (Å²) < 4.78 is 5.08. The van der Waals surface area contributed by atoms with Gasteiger partial charge < -0.3 is 25.0 Å². The molecule has 1 heterocycles. The van der Waals surface area contributed by atoms with Gasteiger partial charge in [-0.15, -0.1) is 0 Å². The Morgan fingerprint density at radius 2 is 1.80 bits per heavy atom. The number of carbonyl (C=O) groups excluding carboxylic acids is 2. The van der Waals surface area contributed by atoms with Gasteiger partial charge >= 0.3 is 6.09 Å². The third kappa shape index (κ3) is 5.34. The Kier molecular flexibility index (Phi) is 5.76. The number of ether oxygens (including phenoxy) is 1. The minimum Gasteiger partial charge on any atom is -0.444 e. The molecule has 1 rings (SSSR count). The van der Waals surface area contributed by atoms with Crippen molar-refractivity contribution >= 4 is 12.0 Å². The summed E-state index contributed by atoms with van der Waals surface area (Å²) in [6.45, 7) is 7.55. The van der Waals surface area contributed by atoms with Gasteiger partial charge in [-0.05, 0) is 27.8 Å². The van der Waals surface area contributed by atoms with Crippen LogP contribution < -0.4 is 5.32 Å². The first-order valence-corrected chi connectivity index (χ1v) is 6.80. The van der Waals surface area contributed by atoms with Crippen LogP contribution in [0.2, 0.25) is 0 Å². The Morgan fingerprint density at radius 3 is 2.25 bits per heavy atom. The fraction of sp³-hybridized carbons (Fsp3) is 0.846. The van der Waals surface area contributed by atoms with Gasteiger partial charge in [0.15, 0.2) is 0 Å². The van der Waals surface area contributed by atoms with Gasteiger partial charge in [0, 0.05) is 26.2 Å². The second kappa shape index (κ2) is 6.90. The molecule has 1 atom stereocenters. The van der Waals surface area contributed by atoms with Crippen molar-refractivity contribution in [2.45, 2.75) is 32.4 Å². The lowest BCUT2D eigenvalue weighted by Gasteiger charge is -2.34. The molecule has 2 N–H and O–H groups in total. The first kappa shape index (κ1) is 16.7. The van der Waals surface area contributed by atoms with Crippen LogP contribution in [0.15, 0.2) is 0 Å². The van der Waals surface area contributed by atoms with Gasteiger partial charge in [-0.25, -0.2) is 4.79 Å². The molecule has 0 saturated carbocycles. The third-order valence-corrected chi connectivity index (χ3v) is 2.99. The van der Waals surface area contributed by atoms with E-state index in [-0.39, 0.29) is 5.91 Å². The summed E-state index contributed by atoms with van der Waals surface area (Å²) in [5.41, 5.74) is -0.638. The van der Waals surface area contributed by atoms with E-state index in [0.29, 0.717) is 13.1 Å². The minimum absolute atomic E-state index is 0.272. The molecule has 1 aliphatic heterocycles. The average molecular weight is 287 g/mol. The lowest BCUT2D eigenvalue weighted by molar-refractivity contribution is -0.136. The molecule has 2 amide bonds. The van der Waals surface area contributed by atoms with Gasteiger partial charge in [0.2, 0.25) is 5.91 Å². The standard InChI is InChI=1S/C13H25N3O4/c1-13(2,3)20-12(19)14-10(9-17)11(18)16-7-5-15(4)6-8-16/h10,17H,5-9H2,1-4H3,(H,14,19)/t10-/m1/s1. The fourth-order valence-corrected chi connectivity index (χ4v) is 1.88. The van der Waals surface area contributed by atoms with E-state index in [4.69, 9.17) is 4.74 Å². The molecule has 7 nitrogen and oxygen atoms in total. The van der Waals surface area contributed by atoms with Crippen LogP contribution in [0, 0.1) is 0 Å². The monoisotopic (exact) mass is 287 g/mol. The largest absolute Gasteiger partial charge is 0.444 e. The van der Waals surface area contributed by atoms with E-state index < -0.39 is 24.3 Å². The number of hydrogen-bond donors (Lipinski definition) is 2. The van der Waals surface area contributed by atoms with Crippen LogP contribution in [0.5, 0.6) is 0 Å². The molecule has 0 bridgehead atoms. The molecular formula is C13H25N3O4. The van der Waals surface area contributed by atoms with Gasteiger partial charge in [0.25, 0.3) is 0 Å². The van der Waals surface area contributed by atoms with Crippen LogP contribution in [0.1, 0.15) is 20.8 Å². The molecule has 7 heteroatoms. The zero-order valence-corrected chi connectivity index (χ0v) is 12.7. The number of aliphatic hydroxyl groups is 1. The molecule has 1 saturated heterocycles. The number of nitrogens with zero attached hydrogens (tertiary/aromatic N) is 2. The van der Waals surface area contributed by atoms with Crippen LogP contribution in [-0.4, -0.2) is 78.4 Å². The second-order valence-electron chi connectivity index (χ2n) is 6.01. The van der Waals surface area contributed by atoms with E-state index in [0.717, 1.165) is 13.1 Å². The summed E-state index contributed by atoms with van der Waals surface area (Å²) in [5, 5.41) is 11.7. The highest BCUT2D eigenvalue weighted by Crippen LogP contribution is 2.08. The smallest absolute Gasteiger partial charge is 0.408 e. The van der Waals surface area contributed by atoms with Gasteiger partial charge in [-0.3, -0.25) is 4.79 Å². The third-order valence-electron chi connectivity index (χ3n) is 2.99. The van der Waals surface area contributed by atoms with Crippen molar-refractivity contribution in [2.75, 3.05) is 39.8 Å². The Hall–Kier alpha value is -1.34. The van der Waals surface area contributed by atoms with Crippen LogP contribution >= 0.6 is 0 Å². The van der Waals surface area contributed by atoms with E-state index >= 15 is 0 Å². The number of rotatable bonds is 3. The van der Waals surface area contributed by atoms with Crippen molar-refractivity contribution in [1.29, 1.82) is 0 Å². The van der Waals surface area contributed by atoms with E-state index in [9.17, 15) is 14.7 Å². The maximum absolute atomic E-state index is 12.2. The number of amides is 2. The van der Waals surface area contributed by atoms with E-state index in [2.05, 4.69) is 10.2 Å². The van der Waals surface area contributed by atoms with Crippen LogP contribution in [-0.2, 0) is 9.53 Å². The Labute approximate surface area is 119 Å². The number of likely N-dealkylation sites (N-methyl/N-ethyl adjacent to an activating group) is 1. The van der Waals surface area contributed by atoms with Gasteiger partial charge in [-0.2, -0.15) is 0 Å². The molecule has 0 spiro atoms. The summed E-state index contributed by atoms with van der Waals surface area (Å²) in [7, 11) is 1.99. The maximum Gasteiger partial charge on any atom is 0.408 e. The highest BCUT2D eigenvalue weighted by atomic mass is 16.6. The summed E-state index contributed by atoms with van der Waals surface area (Å²) in [6, 6.07) is -0.951. The number of nitrogens with one attached hydrogen (secondary N) is 1. The van der Waals surface area contributed by atoms with Crippen molar-refractivity contribution in [3.05, 3.63) is 0 Å².